The van der Waals surface area contributed by atoms with Gasteiger partial charge in [-0.1, -0.05) is 0 Å². The molecule has 2 aromatic rings. The van der Waals surface area contributed by atoms with Crippen molar-refractivity contribution in [1.29, 1.82) is 0 Å². The fraction of sp³-hybridized carbons (Fsp3) is 0.267. The van der Waals surface area contributed by atoms with Crippen molar-refractivity contribution >= 4 is 17.2 Å². The molecule has 6 heteroatoms. The average molecular weight is 284 g/mol. The van der Waals surface area contributed by atoms with Gasteiger partial charge in [0, 0.05) is 5.56 Å². The first-order valence-electron chi connectivity index (χ1n) is 6.54. The van der Waals surface area contributed by atoms with Crippen molar-refractivity contribution in [1.82, 2.24) is 9.97 Å². The Hall–Kier alpha value is -2.63. The molecule has 0 saturated carbocycles. The van der Waals surface area contributed by atoms with Crippen LogP contribution in [0.4, 0.5) is 11.5 Å². The molecule has 2 heterocycles. The Labute approximate surface area is 122 Å². The van der Waals surface area contributed by atoms with E-state index in [-0.39, 0.29) is 0 Å². The molecule has 0 saturated heterocycles. The molecule has 0 fully saturated rings. The first kappa shape index (κ1) is 13.4. The number of hydrogen-bond acceptors (Lipinski definition) is 6. The second-order valence-electron chi connectivity index (χ2n) is 5.21. The number of rotatable bonds is 2. The number of methoxy groups -OCH3 is 1. The van der Waals surface area contributed by atoms with Gasteiger partial charge in [-0.25, -0.2) is 9.98 Å². The zero-order valence-corrected chi connectivity index (χ0v) is 12.1. The highest BCUT2D eigenvalue weighted by Crippen LogP contribution is 2.38. The Morgan fingerprint density at radius 2 is 1.86 bits per heavy atom. The number of nitrogens with zero attached hydrogens (tertiary/aromatic N) is 3. The van der Waals surface area contributed by atoms with Crippen molar-refractivity contribution in [3.05, 3.63) is 36.2 Å². The zero-order chi connectivity index (χ0) is 15.0. The van der Waals surface area contributed by atoms with Crippen LogP contribution in [0, 0.1) is 0 Å². The normalized spacial score (nSPS) is 15.7. The lowest BCUT2D eigenvalue weighted by atomic mass is 9.94. The zero-order valence-electron chi connectivity index (χ0n) is 12.1. The van der Waals surface area contributed by atoms with Crippen LogP contribution in [0.5, 0.6) is 11.6 Å². The molecule has 21 heavy (non-hydrogen) atoms. The van der Waals surface area contributed by atoms with Crippen LogP contribution >= 0.6 is 0 Å². The van der Waals surface area contributed by atoms with Gasteiger partial charge in [0.25, 0.3) is 0 Å². The minimum absolute atomic E-state index is 0.307. The highest BCUT2D eigenvalue weighted by atomic mass is 16.5. The maximum absolute atomic E-state index is 5.93. The predicted molar refractivity (Wildman–Crippen MR) is 80.3 cm³/mol. The molecule has 1 aromatic heterocycles. The molecule has 0 amide bonds. The SMILES string of the molecule is COc1ccc(C2=Nc3c(N)ncnc3OC2(C)C)cc1. The molecule has 1 aliphatic rings. The Balaban J connectivity index is 2.12. The fourth-order valence-corrected chi connectivity index (χ4v) is 2.25. The van der Waals surface area contributed by atoms with Crippen molar-refractivity contribution in [2.75, 3.05) is 12.8 Å². The topological polar surface area (TPSA) is 82.6 Å². The van der Waals surface area contributed by atoms with Gasteiger partial charge in [-0.15, -0.1) is 0 Å². The Morgan fingerprint density at radius 1 is 1.14 bits per heavy atom. The first-order chi connectivity index (χ1) is 10.0. The molecule has 0 radical (unpaired) electrons. The van der Waals surface area contributed by atoms with E-state index >= 15 is 0 Å². The van der Waals surface area contributed by atoms with Crippen molar-refractivity contribution in [2.45, 2.75) is 19.4 Å². The van der Waals surface area contributed by atoms with Crippen molar-refractivity contribution in [3.8, 4) is 11.6 Å². The summed E-state index contributed by atoms with van der Waals surface area (Å²) in [7, 11) is 1.63. The van der Waals surface area contributed by atoms with Gasteiger partial charge in [0.1, 0.15) is 17.7 Å². The summed E-state index contributed by atoms with van der Waals surface area (Å²) in [5.41, 5.74) is 7.44. The highest BCUT2D eigenvalue weighted by molar-refractivity contribution is 6.09. The molecule has 0 aliphatic carbocycles. The highest BCUT2D eigenvalue weighted by Gasteiger charge is 2.35. The lowest BCUT2D eigenvalue weighted by Crippen LogP contribution is -2.41. The summed E-state index contributed by atoms with van der Waals surface area (Å²) >= 11 is 0. The lowest BCUT2D eigenvalue weighted by molar-refractivity contribution is 0.171. The van der Waals surface area contributed by atoms with Gasteiger partial charge in [0.15, 0.2) is 11.5 Å². The summed E-state index contributed by atoms with van der Waals surface area (Å²) in [5, 5.41) is 0. The maximum atomic E-state index is 5.93. The number of anilines is 1. The van der Waals surface area contributed by atoms with Crippen LogP contribution in [-0.2, 0) is 0 Å². The van der Waals surface area contributed by atoms with E-state index < -0.39 is 5.60 Å². The first-order valence-corrected chi connectivity index (χ1v) is 6.54. The van der Waals surface area contributed by atoms with Gasteiger partial charge in [0.05, 0.1) is 12.8 Å². The van der Waals surface area contributed by atoms with Gasteiger partial charge in [-0.05, 0) is 38.1 Å². The Kier molecular flexibility index (Phi) is 3.01. The fourth-order valence-electron chi connectivity index (χ4n) is 2.25. The minimum atomic E-state index is -0.609. The van der Waals surface area contributed by atoms with Gasteiger partial charge >= 0.3 is 0 Å². The number of nitrogen functional groups attached to an aromatic ring is 1. The van der Waals surface area contributed by atoms with E-state index in [4.69, 9.17) is 15.2 Å². The monoisotopic (exact) mass is 284 g/mol. The molecule has 1 aliphatic heterocycles. The second-order valence-corrected chi connectivity index (χ2v) is 5.21. The van der Waals surface area contributed by atoms with Crippen LogP contribution in [-0.4, -0.2) is 28.4 Å². The average Bonchev–Trinajstić information content (AvgIpc) is 2.46. The maximum Gasteiger partial charge on any atom is 0.246 e. The van der Waals surface area contributed by atoms with Gasteiger partial charge in [0.2, 0.25) is 5.88 Å². The van der Waals surface area contributed by atoms with E-state index in [1.807, 2.05) is 38.1 Å². The Morgan fingerprint density at radius 3 is 2.52 bits per heavy atom. The summed E-state index contributed by atoms with van der Waals surface area (Å²) in [6, 6.07) is 7.64. The predicted octanol–water partition coefficient (Wildman–Crippen LogP) is 2.36. The molecule has 0 atom stereocenters. The summed E-state index contributed by atoms with van der Waals surface area (Å²) < 4.78 is 11.1. The molecular formula is C15H16N4O2. The number of aromatic nitrogens is 2. The second kappa shape index (κ2) is 4.73. The molecule has 2 N–H and O–H groups in total. The third-order valence-corrected chi connectivity index (χ3v) is 3.33. The van der Waals surface area contributed by atoms with E-state index in [1.54, 1.807) is 7.11 Å². The van der Waals surface area contributed by atoms with E-state index in [9.17, 15) is 0 Å². The number of hydrogen-bond donors (Lipinski definition) is 1. The van der Waals surface area contributed by atoms with E-state index in [0.717, 1.165) is 17.0 Å². The summed E-state index contributed by atoms with van der Waals surface area (Å²) in [5.74, 6) is 1.50. The molecule has 0 spiro atoms. The van der Waals surface area contributed by atoms with Crippen LogP contribution in [0.2, 0.25) is 0 Å². The molecular weight excluding hydrogens is 268 g/mol. The number of nitrogens with two attached hydrogens (primary N) is 1. The largest absolute Gasteiger partial charge is 0.497 e. The van der Waals surface area contributed by atoms with Crippen molar-refractivity contribution in [3.63, 3.8) is 0 Å². The van der Waals surface area contributed by atoms with Gasteiger partial charge < -0.3 is 15.2 Å². The van der Waals surface area contributed by atoms with Gasteiger partial charge in [-0.3, -0.25) is 0 Å². The third kappa shape index (κ3) is 2.29. The molecule has 3 rings (SSSR count). The standard InChI is InChI=1S/C15H16N4O2/c1-15(2)12(9-4-6-10(20-3)7-5-9)19-11-13(16)17-8-18-14(11)21-15/h4-8H,1-3H3,(H2,16,17,18). The summed E-state index contributed by atoms with van der Waals surface area (Å²) in [4.78, 5) is 12.7. The molecule has 1 aromatic carbocycles. The molecule has 108 valence electrons. The molecule has 6 nitrogen and oxygen atoms in total. The quantitative estimate of drug-likeness (QED) is 0.915. The number of benzene rings is 1. The van der Waals surface area contributed by atoms with Gasteiger partial charge in [-0.2, -0.15) is 4.98 Å². The number of aliphatic imine (C=N–C) groups is 1. The Bertz CT molecular complexity index is 708. The number of ether oxygens (including phenoxy) is 2. The smallest absolute Gasteiger partial charge is 0.246 e. The van der Waals surface area contributed by atoms with Crippen molar-refractivity contribution < 1.29 is 9.47 Å². The van der Waals surface area contributed by atoms with E-state index in [2.05, 4.69) is 15.0 Å². The van der Waals surface area contributed by atoms with Crippen molar-refractivity contribution in [2.24, 2.45) is 4.99 Å². The minimum Gasteiger partial charge on any atom is -0.497 e. The summed E-state index contributed by atoms with van der Waals surface area (Å²) in [6.45, 7) is 3.88. The third-order valence-electron chi connectivity index (χ3n) is 3.33. The van der Waals surface area contributed by atoms with Crippen LogP contribution in [0.1, 0.15) is 19.4 Å². The van der Waals surface area contributed by atoms with Crippen LogP contribution in [0.3, 0.4) is 0 Å². The van der Waals surface area contributed by atoms with Crippen LogP contribution in [0.25, 0.3) is 0 Å². The molecule has 0 unspecified atom stereocenters. The number of fused-ring (bicyclic) bond motifs is 1. The van der Waals surface area contributed by atoms with E-state index in [1.165, 1.54) is 6.33 Å². The van der Waals surface area contributed by atoms with Crippen LogP contribution in [0.15, 0.2) is 35.6 Å². The lowest BCUT2D eigenvalue weighted by Gasteiger charge is -2.32. The van der Waals surface area contributed by atoms with E-state index in [0.29, 0.717) is 17.4 Å². The summed E-state index contributed by atoms with van der Waals surface area (Å²) in [6.07, 6.45) is 1.37. The van der Waals surface area contributed by atoms with Crippen LogP contribution < -0.4 is 15.2 Å². The molecule has 0 bridgehead atoms.